The van der Waals surface area contributed by atoms with E-state index in [1.54, 1.807) is 47.4 Å². The molecule has 0 aromatic heterocycles. The Kier molecular flexibility index (Phi) is 5.92. The average molecular weight is 456 g/mol. The molecule has 0 aliphatic carbocycles. The first kappa shape index (κ1) is 21.9. The monoisotopic (exact) mass is 455 g/mol. The molecule has 9 heteroatoms. The van der Waals surface area contributed by atoms with E-state index < -0.39 is 22.0 Å². The Morgan fingerprint density at radius 1 is 1.06 bits per heavy atom. The summed E-state index contributed by atoms with van der Waals surface area (Å²) >= 11 is 0. The fourth-order valence-corrected chi connectivity index (χ4v) is 5.13. The van der Waals surface area contributed by atoms with Gasteiger partial charge in [0, 0.05) is 13.0 Å². The number of para-hydroxylation sites is 1. The molecule has 0 saturated carbocycles. The van der Waals surface area contributed by atoms with Crippen LogP contribution in [0.15, 0.2) is 69.2 Å². The predicted molar refractivity (Wildman–Crippen MR) is 121 cm³/mol. The number of aliphatic hydroxyl groups excluding tert-OH is 1. The number of rotatable bonds is 7. The number of fused-ring (bicyclic) bond motifs is 1. The molecule has 8 nitrogen and oxygen atoms in total. The summed E-state index contributed by atoms with van der Waals surface area (Å²) in [5.41, 5.74) is 1.01. The number of carbonyl (C=O) groups excluding carboxylic acids is 1. The van der Waals surface area contributed by atoms with E-state index in [-0.39, 0.29) is 27.8 Å². The summed E-state index contributed by atoms with van der Waals surface area (Å²) < 4.78 is 29.1. The van der Waals surface area contributed by atoms with Gasteiger partial charge in [0.25, 0.3) is 15.9 Å². The summed E-state index contributed by atoms with van der Waals surface area (Å²) in [4.78, 5) is 14.9. The van der Waals surface area contributed by atoms with Gasteiger partial charge in [-0.1, -0.05) is 44.0 Å². The number of nitrogens with zero attached hydrogens (tertiary/aromatic N) is 2. The third kappa shape index (κ3) is 4.08. The summed E-state index contributed by atoms with van der Waals surface area (Å²) in [6.45, 7) is 2.49. The summed E-state index contributed by atoms with van der Waals surface area (Å²) in [5.74, 6) is -0.704. The number of anilines is 1. The molecule has 1 amide bonds. The van der Waals surface area contributed by atoms with Crippen molar-refractivity contribution < 1.29 is 23.4 Å². The van der Waals surface area contributed by atoms with Gasteiger partial charge in [-0.3, -0.25) is 4.79 Å². The summed E-state index contributed by atoms with van der Waals surface area (Å²) in [5, 5.41) is 23.5. The lowest BCUT2D eigenvalue weighted by Crippen LogP contribution is -2.39. The van der Waals surface area contributed by atoms with Gasteiger partial charge in [-0.05, 0) is 36.2 Å². The number of hydrogen-bond acceptors (Lipinski definition) is 6. The smallest absolute Gasteiger partial charge is 0.286 e. The number of benzene rings is 2. The highest BCUT2D eigenvalue weighted by Crippen LogP contribution is 2.33. The largest absolute Gasteiger partial charge is 0.509 e. The number of amides is 1. The van der Waals surface area contributed by atoms with Crippen LogP contribution in [0.4, 0.5) is 5.69 Å². The first-order valence-corrected chi connectivity index (χ1v) is 12.0. The van der Waals surface area contributed by atoms with Gasteiger partial charge >= 0.3 is 0 Å². The fourth-order valence-electron chi connectivity index (χ4n) is 4.01. The van der Waals surface area contributed by atoms with Crippen molar-refractivity contribution in [2.75, 3.05) is 11.9 Å². The molecule has 3 N–H and O–H groups in total. The minimum atomic E-state index is -4.01. The lowest BCUT2D eigenvalue weighted by molar-refractivity contribution is -0.126. The predicted octanol–water partition coefficient (Wildman–Crippen LogP) is 3.36. The van der Waals surface area contributed by atoms with Crippen molar-refractivity contribution in [2.24, 2.45) is 4.40 Å². The number of phenols is 1. The quantitative estimate of drug-likeness (QED) is 0.551. The molecule has 0 fully saturated rings. The van der Waals surface area contributed by atoms with Crippen molar-refractivity contribution in [1.29, 1.82) is 0 Å². The van der Waals surface area contributed by atoms with Crippen molar-refractivity contribution in [1.82, 2.24) is 4.90 Å². The van der Waals surface area contributed by atoms with Crippen molar-refractivity contribution in [3.8, 4) is 5.75 Å². The zero-order valence-corrected chi connectivity index (χ0v) is 18.5. The van der Waals surface area contributed by atoms with E-state index in [1.807, 2.05) is 0 Å². The van der Waals surface area contributed by atoms with Crippen LogP contribution in [0.25, 0.3) is 0 Å². The van der Waals surface area contributed by atoms with E-state index in [1.165, 1.54) is 6.07 Å². The van der Waals surface area contributed by atoms with Crippen LogP contribution >= 0.6 is 0 Å². The van der Waals surface area contributed by atoms with Gasteiger partial charge in [-0.2, -0.15) is 8.42 Å². The molecule has 0 saturated heterocycles. The molecule has 2 aromatic carbocycles. The SMILES string of the molecule is CCCCCN1C(=O)C(C2=NS(=O)(=O)c3ccccc3N2)=C(O)C1Cc1ccc(O)cc1. The van der Waals surface area contributed by atoms with E-state index in [0.29, 0.717) is 18.7 Å². The van der Waals surface area contributed by atoms with Crippen LogP contribution in [0, 0.1) is 0 Å². The van der Waals surface area contributed by atoms with Gasteiger partial charge in [0.15, 0.2) is 5.84 Å². The Balaban J connectivity index is 1.72. The normalized spacial score (nSPS) is 19.5. The number of nitrogens with one attached hydrogen (secondary N) is 1. The molecule has 2 aliphatic heterocycles. The van der Waals surface area contributed by atoms with Crippen LogP contribution in [-0.2, 0) is 21.2 Å². The van der Waals surface area contributed by atoms with E-state index in [0.717, 1.165) is 24.8 Å². The number of unbranched alkanes of at least 4 members (excludes halogenated alkanes) is 2. The summed E-state index contributed by atoms with van der Waals surface area (Å²) in [7, 11) is -4.01. The molecular formula is C23H25N3O5S. The van der Waals surface area contributed by atoms with Crippen LogP contribution < -0.4 is 5.32 Å². The standard InChI is InChI=1S/C23H25N3O5S/c1-2-3-6-13-26-18(14-15-9-11-16(27)12-10-15)21(28)20(23(26)29)22-24-17-7-4-5-8-19(17)32(30,31)25-22/h4-5,7-12,18,27-28H,2-3,6,13-14H2,1H3,(H,24,25). The molecule has 2 aliphatic rings. The van der Waals surface area contributed by atoms with Crippen LogP contribution in [0.3, 0.4) is 0 Å². The third-order valence-electron chi connectivity index (χ3n) is 5.66. The number of aliphatic hydroxyl groups is 1. The molecule has 2 heterocycles. The zero-order valence-electron chi connectivity index (χ0n) is 17.7. The number of hydrogen-bond donors (Lipinski definition) is 3. The van der Waals surface area contributed by atoms with Gasteiger partial charge in [0.05, 0.1) is 11.7 Å². The number of aromatic hydroxyl groups is 1. The summed E-state index contributed by atoms with van der Waals surface area (Å²) in [6, 6.07) is 12.2. The highest BCUT2D eigenvalue weighted by Gasteiger charge is 2.43. The number of phenolic OH excluding ortho intramolecular Hbond substituents is 1. The van der Waals surface area contributed by atoms with Crippen LogP contribution in [0.2, 0.25) is 0 Å². The van der Waals surface area contributed by atoms with E-state index in [9.17, 15) is 23.4 Å². The second-order valence-electron chi connectivity index (χ2n) is 7.89. The third-order valence-corrected chi connectivity index (χ3v) is 6.99. The minimum absolute atomic E-state index is 0.0229. The zero-order chi connectivity index (χ0) is 22.9. The second-order valence-corrected chi connectivity index (χ2v) is 9.46. The van der Waals surface area contributed by atoms with Crippen molar-refractivity contribution in [3.63, 3.8) is 0 Å². The van der Waals surface area contributed by atoms with Gasteiger partial charge < -0.3 is 20.4 Å². The molecule has 1 atom stereocenters. The molecule has 0 bridgehead atoms. The maximum Gasteiger partial charge on any atom is 0.286 e. The van der Waals surface area contributed by atoms with Gasteiger partial charge in [-0.25, -0.2) is 0 Å². The Morgan fingerprint density at radius 3 is 2.50 bits per heavy atom. The summed E-state index contributed by atoms with van der Waals surface area (Å²) in [6.07, 6.45) is 2.98. The van der Waals surface area contributed by atoms with Gasteiger partial charge in [0.1, 0.15) is 22.0 Å². The van der Waals surface area contributed by atoms with Crippen molar-refractivity contribution in [3.05, 3.63) is 65.4 Å². The Morgan fingerprint density at radius 2 is 1.78 bits per heavy atom. The Bertz CT molecular complexity index is 1200. The van der Waals surface area contributed by atoms with Crippen LogP contribution in [0.5, 0.6) is 5.75 Å². The highest BCUT2D eigenvalue weighted by molar-refractivity contribution is 7.90. The highest BCUT2D eigenvalue weighted by atomic mass is 32.2. The lowest BCUT2D eigenvalue weighted by Gasteiger charge is -2.25. The molecule has 168 valence electrons. The number of sulfonamides is 1. The molecule has 1 unspecified atom stereocenters. The topological polar surface area (TPSA) is 119 Å². The van der Waals surface area contributed by atoms with E-state index in [2.05, 4.69) is 16.6 Å². The maximum atomic E-state index is 13.3. The van der Waals surface area contributed by atoms with Gasteiger partial charge in [-0.15, -0.1) is 4.40 Å². The molecule has 2 aromatic rings. The maximum absolute atomic E-state index is 13.3. The van der Waals surface area contributed by atoms with Crippen molar-refractivity contribution in [2.45, 2.75) is 43.5 Å². The molecule has 0 spiro atoms. The fraction of sp³-hybridized carbons (Fsp3) is 0.304. The van der Waals surface area contributed by atoms with Gasteiger partial charge in [0.2, 0.25) is 0 Å². The van der Waals surface area contributed by atoms with Crippen LogP contribution in [0.1, 0.15) is 31.7 Å². The minimum Gasteiger partial charge on any atom is -0.509 e. The number of amidine groups is 1. The molecule has 0 radical (unpaired) electrons. The Hall–Kier alpha value is -3.33. The molecular weight excluding hydrogens is 430 g/mol. The van der Waals surface area contributed by atoms with Crippen molar-refractivity contribution >= 4 is 27.5 Å². The second kappa shape index (κ2) is 8.66. The Labute approximate surface area is 187 Å². The lowest BCUT2D eigenvalue weighted by atomic mass is 10.0. The molecule has 32 heavy (non-hydrogen) atoms. The van der Waals surface area contributed by atoms with Crippen LogP contribution in [-0.4, -0.2) is 47.9 Å². The first-order chi connectivity index (χ1) is 15.3. The van der Waals surface area contributed by atoms with E-state index in [4.69, 9.17) is 0 Å². The first-order valence-electron chi connectivity index (χ1n) is 10.5. The average Bonchev–Trinajstić information content (AvgIpc) is 2.99. The molecule has 4 rings (SSSR count). The number of carbonyl (C=O) groups is 1. The van der Waals surface area contributed by atoms with E-state index >= 15 is 0 Å².